The van der Waals surface area contributed by atoms with Gasteiger partial charge in [-0.25, -0.2) is 8.78 Å². The van der Waals surface area contributed by atoms with Gasteiger partial charge in [-0.2, -0.15) is 0 Å². The van der Waals surface area contributed by atoms with E-state index in [-0.39, 0.29) is 12.1 Å². The second-order valence-corrected chi connectivity index (χ2v) is 4.30. The maximum atomic E-state index is 13.5. The SMILES string of the molecule is Cc1ccc(CN(C)C(=O)c2cc(F)ccc2F)o1. The average Bonchev–Trinajstić information content (AvgIpc) is 2.77. The summed E-state index contributed by atoms with van der Waals surface area (Å²) in [5.41, 5.74) is -0.286. The summed E-state index contributed by atoms with van der Waals surface area (Å²) in [7, 11) is 1.50. The van der Waals surface area contributed by atoms with Crippen LogP contribution >= 0.6 is 0 Å². The Balaban J connectivity index is 2.16. The van der Waals surface area contributed by atoms with E-state index in [9.17, 15) is 13.6 Å². The molecule has 5 heteroatoms. The van der Waals surface area contributed by atoms with Crippen LogP contribution in [-0.4, -0.2) is 17.9 Å². The van der Waals surface area contributed by atoms with Crippen LogP contribution in [0.5, 0.6) is 0 Å². The van der Waals surface area contributed by atoms with Gasteiger partial charge in [-0.05, 0) is 37.3 Å². The van der Waals surface area contributed by atoms with Crippen LogP contribution in [0, 0.1) is 18.6 Å². The Morgan fingerprint density at radius 1 is 1.26 bits per heavy atom. The molecule has 2 rings (SSSR count). The van der Waals surface area contributed by atoms with Crippen molar-refractivity contribution in [2.45, 2.75) is 13.5 Å². The lowest BCUT2D eigenvalue weighted by molar-refractivity contribution is 0.0769. The molecule has 0 aliphatic carbocycles. The van der Waals surface area contributed by atoms with Gasteiger partial charge in [-0.1, -0.05) is 0 Å². The van der Waals surface area contributed by atoms with E-state index in [4.69, 9.17) is 4.42 Å². The molecule has 1 heterocycles. The molecular weight excluding hydrogens is 252 g/mol. The lowest BCUT2D eigenvalue weighted by atomic mass is 10.2. The maximum absolute atomic E-state index is 13.5. The van der Waals surface area contributed by atoms with Crippen molar-refractivity contribution < 1.29 is 18.0 Å². The van der Waals surface area contributed by atoms with Crippen LogP contribution in [0.3, 0.4) is 0 Å². The highest BCUT2D eigenvalue weighted by molar-refractivity contribution is 5.94. The van der Waals surface area contributed by atoms with Crippen molar-refractivity contribution in [1.29, 1.82) is 0 Å². The van der Waals surface area contributed by atoms with Crippen LogP contribution in [0.2, 0.25) is 0 Å². The molecule has 1 aromatic carbocycles. The third kappa shape index (κ3) is 2.99. The normalized spacial score (nSPS) is 10.5. The number of amides is 1. The van der Waals surface area contributed by atoms with Crippen LogP contribution in [0.15, 0.2) is 34.7 Å². The first-order valence-corrected chi connectivity index (χ1v) is 5.73. The van der Waals surface area contributed by atoms with Crippen molar-refractivity contribution in [3.8, 4) is 0 Å². The first-order valence-electron chi connectivity index (χ1n) is 5.73. The fourth-order valence-corrected chi connectivity index (χ4v) is 1.74. The molecule has 1 amide bonds. The fourth-order valence-electron chi connectivity index (χ4n) is 1.74. The van der Waals surface area contributed by atoms with Crippen molar-refractivity contribution in [3.05, 3.63) is 59.1 Å². The van der Waals surface area contributed by atoms with Gasteiger partial charge in [0, 0.05) is 7.05 Å². The van der Waals surface area contributed by atoms with E-state index >= 15 is 0 Å². The molecule has 0 unspecified atom stereocenters. The molecule has 0 fully saturated rings. The maximum Gasteiger partial charge on any atom is 0.257 e. The Kier molecular flexibility index (Phi) is 3.64. The molecular formula is C14H13F2NO2. The highest BCUT2D eigenvalue weighted by Gasteiger charge is 2.18. The van der Waals surface area contributed by atoms with Gasteiger partial charge in [-0.3, -0.25) is 4.79 Å². The number of nitrogens with zero attached hydrogens (tertiary/aromatic N) is 1. The number of furan rings is 1. The molecule has 0 saturated carbocycles. The summed E-state index contributed by atoms with van der Waals surface area (Å²) in [4.78, 5) is 13.3. The van der Waals surface area contributed by atoms with Gasteiger partial charge in [0.15, 0.2) is 0 Å². The molecule has 0 aliphatic rings. The Labute approximate surface area is 109 Å². The summed E-state index contributed by atoms with van der Waals surface area (Å²) in [6.45, 7) is 1.99. The van der Waals surface area contributed by atoms with Gasteiger partial charge in [0.1, 0.15) is 23.2 Å². The van der Waals surface area contributed by atoms with Gasteiger partial charge in [0.05, 0.1) is 12.1 Å². The molecule has 1 aromatic heterocycles. The van der Waals surface area contributed by atoms with E-state index in [0.717, 1.165) is 24.0 Å². The van der Waals surface area contributed by atoms with Crippen molar-refractivity contribution in [2.75, 3.05) is 7.05 Å². The van der Waals surface area contributed by atoms with Crippen LogP contribution in [-0.2, 0) is 6.54 Å². The summed E-state index contributed by atoms with van der Waals surface area (Å²) in [5, 5.41) is 0. The Morgan fingerprint density at radius 3 is 2.63 bits per heavy atom. The summed E-state index contributed by atoms with van der Waals surface area (Å²) in [6, 6.07) is 6.31. The number of halogens is 2. The lowest BCUT2D eigenvalue weighted by Crippen LogP contribution is -2.27. The number of carbonyl (C=O) groups is 1. The van der Waals surface area contributed by atoms with E-state index < -0.39 is 17.5 Å². The van der Waals surface area contributed by atoms with E-state index in [1.807, 2.05) is 0 Å². The standard InChI is InChI=1S/C14H13F2NO2/c1-9-3-5-11(19-9)8-17(2)14(18)12-7-10(15)4-6-13(12)16/h3-7H,8H2,1-2H3. The molecule has 100 valence electrons. The first kappa shape index (κ1) is 13.3. The zero-order valence-corrected chi connectivity index (χ0v) is 10.6. The Bertz CT molecular complexity index is 607. The molecule has 0 bridgehead atoms. The van der Waals surface area contributed by atoms with E-state index in [0.29, 0.717) is 5.76 Å². The zero-order valence-electron chi connectivity index (χ0n) is 10.6. The van der Waals surface area contributed by atoms with Gasteiger partial charge < -0.3 is 9.32 Å². The number of hydrogen-bond donors (Lipinski definition) is 0. The minimum Gasteiger partial charge on any atom is -0.464 e. The molecule has 0 saturated heterocycles. The molecule has 0 radical (unpaired) electrons. The molecule has 2 aromatic rings. The molecule has 0 aliphatic heterocycles. The Hall–Kier alpha value is -2.17. The zero-order chi connectivity index (χ0) is 14.0. The average molecular weight is 265 g/mol. The van der Waals surface area contributed by atoms with Crippen LogP contribution in [0.4, 0.5) is 8.78 Å². The second-order valence-electron chi connectivity index (χ2n) is 4.30. The monoisotopic (exact) mass is 265 g/mol. The number of rotatable bonds is 3. The Morgan fingerprint density at radius 2 is 2.00 bits per heavy atom. The second kappa shape index (κ2) is 5.22. The number of benzene rings is 1. The van der Waals surface area contributed by atoms with Crippen LogP contribution in [0.25, 0.3) is 0 Å². The summed E-state index contributed by atoms with van der Waals surface area (Å²) >= 11 is 0. The molecule has 0 spiro atoms. The van der Waals surface area contributed by atoms with Crippen molar-refractivity contribution in [3.63, 3.8) is 0 Å². The summed E-state index contributed by atoms with van der Waals surface area (Å²) in [5.74, 6) is -0.662. The summed E-state index contributed by atoms with van der Waals surface area (Å²) < 4.78 is 31.9. The smallest absolute Gasteiger partial charge is 0.257 e. The molecule has 0 N–H and O–H groups in total. The van der Waals surface area contributed by atoms with Crippen LogP contribution < -0.4 is 0 Å². The summed E-state index contributed by atoms with van der Waals surface area (Å²) in [6.07, 6.45) is 0. The van der Waals surface area contributed by atoms with Gasteiger partial charge in [-0.15, -0.1) is 0 Å². The minimum atomic E-state index is -0.742. The number of aryl methyl sites for hydroxylation is 1. The van der Waals surface area contributed by atoms with Crippen molar-refractivity contribution in [2.24, 2.45) is 0 Å². The van der Waals surface area contributed by atoms with Gasteiger partial charge >= 0.3 is 0 Å². The van der Waals surface area contributed by atoms with Crippen molar-refractivity contribution in [1.82, 2.24) is 4.90 Å². The number of carbonyl (C=O) groups excluding carboxylic acids is 1. The molecule has 0 atom stereocenters. The van der Waals surface area contributed by atoms with Gasteiger partial charge in [0.2, 0.25) is 0 Å². The minimum absolute atomic E-state index is 0.197. The highest BCUT2D eigenvalue weighted by Crippen LogP contribution is 2.14. The third-order valence-corrected chi connectivity index (χ3v) is 2.69. The fraction of sp³-hybridized carbons (Fsp3) is 0.214. The molecule has 19 heavy (non-hydrogen) atoms. The van der Waals surface area contributed by atoms with E-state index in [1.165, 1.54) is 11.9 Å². The lowest BCUT2D eigenvalue weighted by Gasteiger charge is -2.16. The highest BCUT2D eigenvalue weighted by atomic mass is 19.1. The third-order valence-electron chi connectivity index (χ3n) is 2.69. The van der Waals surface area contributed by atoms with Crippen molar-refractivity contribution >= 4 is 5.91 Å². The van der Waals surface area contributed by atoms with Gasteiger partial charge in [0.25, 0.3) is 5.91 Å². The molecule has 3 nitrogen and oxygen atoms in total. The number of hydrogen-bond acceptors (Lipinski definition) is 2. The predicted molar refractivity (Wildman–Crippen MR) is 65.6 cm³/mol. The topological polar surface area (TPSA) is 33.5 Å². The van der Waals surface area contributed by atoms with Crippen LogP contribution in [0.1, 0.15) is 21.9 Å². The van der Waals surface area contributed by atoms with E-state index in [1.54, 1.807) is 19.1 Å². The van der Waals surface area contributed by atoms with E-state index in [2.05, 4.69) is 0 Å². The quantitative estimate of drug-likeness (QED) is 0.854. The first-order chi connectivity index (χ1) is 8.97. The predicted octanol–water partition coefficient (Wildman–Crippen LogP) is 3.14. The largest absolute Gasteiger partial charge is 0.464 e.